The molecule has 1 amide bonds. The van der Waals surface area contributed by atoms with Crippen LogP contribution in [0.1, 0.15) is 11.1 Å². The first kappa shape index (κ1) is 17.5. The zero-order chi connectivity index (χ0) is 18.9. The molecule has 0 spiro atoms. The molecule has 0 bridgehead atoms. The number of amides is 1. The summed E-state index contributed by atoms with van der Waals surface area (Å²) in [5.41, 5.74) is 6.75. The summed E-state index contributed by atoms with van der Waals surface area (Å²) in [6, 6.07) is 15.1. The van der Waals surface area contributed by atoms with Crippen molar-refractivity contribution >= 4 is 32.9 Å². The van der Waals surface area contributed by atoms with Crippen LogP contribution in [0.2, 0.25) is 0 Å². The van der Waals surface area contributed by atoms with E-state index in [-0.39, 0.29) is 10.5 Å². The van der Waals surface area contributed by atoms with Gasteiger partial charge in [-0.25, -0.2) is 12.4 Å². The van der Waals surface area contributed by atoms with Crippen LogP contribution in [0.15, 0.2) is 65.2 Å². The number of rotatable bonds is 4. The number of primary amides is 1. The van der Waals surface area contributed by atoms with Crippen molar-refractivity contribution in [2.24, 2.45) is 5.73 Å². The largest absolute Gasteiger partial charge is 0.365 e. The van der Waals surface area contributed by atoms with Crippen LogP contribution in [0.25, 0.3) is 17.0 Å². The fraction of sp³-hybridized carbons (Fsp3) is 0.0526. The van der Waals surface area contributed by atoms with Crippen LogP contribution in [-0.2, 0) is 14.8 Å². The van der Waals surface area contributed by atoms with Gasteiger partial charge in [-0.1, -0.05) is 35.9 Å². The standard InChI is InChI=1S/C19H15N3O3S/c1-13-6-8-16(9-7-13)26(24,25)22-12-15(10-14(11-20)19(21)23)17-4-2-3-5-18(17)22/h2-10,12H,1H3,(H2,21,23)/b14-10+. The van der Waals surface area contributed by atoms with Crippen molar-refractivity contribution in [1.29, 1.82) is 5.26 Å². The Morgan fingerprint density at radius 2 is 1.81 bits per heavy atom. The van der Waals surface area contributed by atoms with Crippen LogP contribution < -0.4 is 5.73 Å². The first-order chi connectivity index (χ1) is 12.3. The second-order valence-electron chi connectivity index (χ2n) is 5.75. The predicted molar refractivity (Wildman–Crippen MR) is 98.5 cm³/mol. The highest BCUT2D eigenvalue weighted by molar-refractivity contribution is 7.90. The number of aromatic nitrogens is 1. The molecule has 2 aromatic carbocycles. The highest BCUT2D eigenvalue weighted by Gasteiger charge is 2.21. The minimum absolute atomic E-state index is 0.148. The second kappa shape index (κ2) is 6.50. The highest BCUT2D eigenvalue weighted by atomic mass is 32.2. The van der Waals surface area contributed by atoms with Gasteiger partial charge in [-0.3, -0.25) is 4.79 Å². The van der Waals surface area contributed by atoms with Crippen LogP contribution in [0.3, 0.4) is 0 Å². The minimum atomic E-state index is -3.84. The van der Waals surface area contributed by atoms with E-state index in [9.17, 15) is 13.2 Å². The van der Waals surface area contributed by atoms with Crippen molar-refractivity contribution in [3.8, 4) is 6.07 Å². The summed E-state index contributed by atoms with van der Waals surface area (Å²) in [6.07, 6.45) is 2.69. The van der Waals surface area contributed by atoms with Gasteiger partial charge in [-0.15, -0.1) is 0 Å². The van der Waals surface area contributed by atoms with E-state index < -0.39 is 15.9 Å². The van der Waals surface area contributed by atoms with Gasteiger partial charge in [0.1, 0.15) is 11.6 Å². The third-order valence-electron chi connectivity index (χ3n) is 3.97. The lowest BCUT2D eigenvalue weighted by Crippen LogP contribution is -2.12. The quantitative estimate of drug-likeness (QED) is 0.566. The molecule has 6 nitrogen and oxygen atoms in total. The molecule has 3 aromatic rings. The van der Waals surface area contributed by atoms with Gasteiger partial charge in [0.25, 0.3) is 15.9 Å². The van der Waals surface area contributed by atoms with Crippen molar-refractivity contribution in [2.75, 3.05) is 0 Å². The third kappa shape index (κ3) is 2.98. The van der Waals surface area contributed by atoms with Gasteiger partial charge in [0.05, 0.1) is 10.4 Å². The fourth-order valence-corrected chi connectivity index (χ4v) is 4.00. The first-order valence-corrected chi connectivity index (χ1v) is 9.12. The Morgan fingerprint density at radius 3 is 2.42 bits per heavy atom. The van der Waals surface area contributed by atoms with Crippen molar-refractivity contribution in [1.82, 2.24) is 3.97 Å². The van der Waals surface area contributed by atoms with Crippen molar-refractivity contribution in [3.05, 3.63) is 71.4 Å². The van der Waals surface area contributed by atoms with Gasteiger partial charge in [0.2, 0.25) is 0 Å². The van der Waals surface area contributed by atoms with Gasteiger partial charge in [-0.2, -0.15) is 5.26 Å². The fourth-order valence-electron chi connectivity index (χ4n) is 2.63. The molecule has 0 aliphatic heterocycles. The predicted octanol–water partition coefficient (Wildman–Crippen LogP) is 2.58. The molecule has 3 rings (SSSR count). The molecule has 0 radical (unpaired) electrons. The number of nitrogens with two attached hydrogens (primary N) is 1. The zero-order valence-electron chi connectivity index (χ0n) is 13.9. The molecule has 130 valence electrons. The minimum Gasteiger partial charge on any atom is -0.365 e. The van der Waals surface area contributed by atoms with E-state index in [2.05, 4.69) is 0 Å². The van der Waals surface area contributed by atoms with E-state index in [0.29, 0.717) is 16.5 Å². The van der Waals surface area contributed by atoms with Gasteiger partial charge in [0.15, 0.2) is 0 Å². The summed E-state index contributed by atoms with van der Waals surface area (Å²) in [5.74, 6) is -0.870. The third-order valence-corrected chi connectivity index (χ3v) is 5.66. The topological polar surface area (TPSA) is 106 Å². The van der Waals surface area contributed by atoms with E-state index in [0.717, 1.165) is 9.54 Å². The molecule has 7 heteroatoms. The maximum atomic E-state index is 13.0. The Hall–Kier alpha value is -3.37. The van der Waals surface area contributed by atoms with Crippen LogP contribution in [0, 0.1) is 18.3 Å². The molecule has 1 heterocycles. The summed E-state index contributed by atoms with van der Waals surface area (Å²) in [6.45, 7) is 1.87. The number of hydrogen-bond acceptors (Lipinski definition) is 4. The number of aryl methyl sites for hydroxylation is 1. The van der Waals surface area contributed by atoms with Crippen LogP contribution in [0.5, 0.6) is 0 Å². The van der Waals surface area contributed by atoms with E-state index in [1.165, 1.54) is 12.3 Å². The summed E-state index contributed by atoms with van der Waals surface area (Å²) in [5, 5.41) is 9.65. The first-order valence-electron chi connectivity index (χ1n) is 7.68. The molecule has 0 unspecified atom stereocenters. The molecular formula is C19H15N3O3S. The number of nitriles is 1. The molecule has 0 aliphatic carbocycles. The molecule has 0 saturated carbocycles. The Morgan fingerprint density at radius 1 is 1.15 bits per heavy atom. The Bertz CT molecular complexity index is 1180. The molecule has 2 N–H and O–H groups in total. The summed E-state index contributed by atoms with van der Waals surface area (Å²) >= 11 is 0. The summed E-state index contributed by atoms with van der Waals surface area (Å²) < 4.78 is 27.2. The molecule has 0 aliphatic rings. The number of fused-ring (bicyclic) bond motifs is 1. The number of para-hydroxylation sites is 1. The lowest BCUT2D eigenvalue weighted by atomic mass is 10.1. The lowest BCUT2D eigenvalue weighted by Gasteiger charge is -2.07. The number of carbonyl (C=O) groups excluding carboxylic acids is 1. The van der Waals surface area contributed by atoms with Crippen LogP contribution >= 0.6 is 0 Å². The lowest BCUT2D eigenvalue weighted by molar-refractivity contribution is -0.114. The van der Waals surface area contributed by atoms with E-state index >= 15 is 0 Å². The van der Waals surface area contributed by atoms with Crippen molar-refractivity contribution in [2.45, 2.75) is 11.8 Å². The monoisotopic (exact) mass is 365 g/mol. The maximum Gasteiger partial charge on any atom is 0.268 e. The average Bonchev–Trinajstić information content (AvgIpc) is 2.99. The summed E-state index contributed by atoms with van der Waals surface area (Å²) in [4.78, 5) is 11.5. The van der Waals surface area contributed by atoms with Gasteiger partial charge >= 0.3 is 0 Å². The highest BCUT2D eigenvalue weighted by Crippen LogP contribution is 2.27. The van der Waals surface area contributed by atoms with Crippen molar-refractivity contribution < 1.29 is 13.2 Å². The number of benzene rings is 2. The normalized spacial score (nSPS) is 12.1. The summed E-state index contributed by atoms with van der Waals surface area (Å²) in [7, 11) is -3.84. The Balaban J connectivity index is 2.27. The van der Waals surface area contributed by atoms with E-state index in [4.69, 9.17) is 11.0 Å². The van der Waals surface area contributed by atoms with E-state index in [1.54, 1.807) is 54.6 Å². The molecular weight excluding hydrogens is 350 g/mol. The Labute approximate surface area is 150 Å². The SMILES string of the molecule is Cc1ccc(S(=O)(=O)n2cc(/C=C(\C#N)C(N)=O)c3ccccc32)cc1. The molecule has 0 saturated heterocycles. The van der Waals surface area contributed by atoms with E-state index in [1.807, 2.05) is 6.92 Å². The second-order valence-corrected chi connectivity index (χ2v) is 7.56. The number of carbonyl (C=O) groups is 1. The number of hydrogen-bond donors (Lipinski definition) is 1. The molecule has 0 atom stereocenters. The van der Waals surface area contributed by atoms with Gasteiger partial charge in [-0.05, 0) is 31.2 Å². The van der Waals surface area contributed by atoms with Crippen LogP contribution in [-0.4, -0.2) is 18.3 Å². The van der Waals surface area contributed by atoms with Gasteiger partial charge < -0.3 is 5.73 Å². The average molecular weight is 365 g/mol. The number of nitrogens with zero attached hydrogens (tertiary/aromatic N) is 2. The smallest absolute Gasteiger partial charge is 0.268 e. The van der Waals surface area contributed by atoms with Crippen molar-refractivity contribution in [3.63, 3.8) is 0 Å². The van der Waals surface area contributed by atoms with Gasteiger partial charge in [0, 0.05) is 17.1 Å². The molecule has 0 fully saturated rings. The molecule has 1 aromatic heterocycles. The Kier molecular flexibility index (Phi) is 4.36. The zero-order valence-corrected chi connectivity index (χ0v) is 14.7. The van der Waals surface area contributed by atoms with Crippen LogP contribution in [0.4, 0.5) is 0 Å². The molecule has 26 heavy (non-hydrogen) atoms. The maximum absolute atomic E-state index is 13.0.